The van der Waals surface area contributed by atoms with E-state index in [-0.39, 0.29) is 5.92 Å². The van der Waals surface area contributed by atoms with Crippen LogP contribution < -0.4 is 0 Å². The third kappa shape index (κ3) is 2.82. The van der Waals surface area contributed by atoms with E-state index in [9.17, 15) is 4.79 Å². The number of furan rings is 1. The van der Waals surface area contributed by atoms with Crippen LogP contribution in [0.2, 0.25) is 0 Å². The maximum atomic E-state index is 12.9. The van der Waals surface area contributed by atoms with Crippen LogP contribution in [0, 0.1) is 5.92 Å². The van der Waals surface area contributed by atoms with E-state index < -0.39 is 0 Å². The second kappa shape index (κ2) is 5.97. The van der Waals surface area contributed by atoms with Crippen molar-refractivity contribution >= 4 is 5.91 Å². The molecular formula is C19H28N2O2. The van der Waals surface area contributed by atoms with E-state index in [4.69, 9.17) is 4.42 Å². The monoisotopic (exact) mass is 316 g/mol. The van der Waals surface area contributed by atoms with Crippen molar-refractivity contribution in [2.24, 2.45) is 5.92 Å². The van der Waals surface area contributed by atoms with Crippen molar-refractivity contribution in [3.05, 3.63) is 24.2 Å². The van der Waals surface area contributed by atoms with E-state index in [0.717, 1.165) is 31.7 Å². The number of carbonyl (C=O) groups is 1. The lowest BCUT2D eigenvalue weighted by Gasteiger charge is -2.41. The van der Waals surface area contributed by atoms with E-state index in [0.29, 0.717) is 30.0 Å². The summed E-state index contributed by atoms with van der Waals surface area (Å²) in [4.78, 5) is 17.7. The molecule has 2 saturated heterocycles. The van der Waals surface area contributed by atoms with Crippen LogP contribution in [0.3, 0.4) is 0 Å². The second-order valence-corrected chi connectivity index (χ2v) is 7.77. The van der Waals surface area contributed by atoms with Crippen molar-refractivity contribution in [3.63, 3.8) is 0 Å². The zero-order valence-corrected chi connectivity index (χ0v) is 14.3. The van der Waals surface area contributed by atoms with Gasteiger partial charge in [0, 0.05) is 43.1 Å². The molecule has 5 atom stereocenters. The molecule has 0 unspecified atom stereocenters. The predicted octanol–water partition coefficient (Wildman–Crippen LogP) is 3.25. The Balaban J connectivity index is 1.39. The Bertz CT molecular complexity index is 546. The number of hydrogen-bond donors (Lipinski definition) is 0. The number of rotatable bonds is 3. The van der Waals surface area contributed by atoms with Gasteiger partial charge in [0.15, 0.2) is 0 Å². The number of likely N-dealkylation sites (tertiary alicyclic amines) is 2. The first-order valence-electron chi connectivity index (χ1n) is 9.24. The molecule has 4 rings (SSSR count). The molecule has 3 aliphatic rings. The third-order valence-corrected chi connectivity index (χ3v) is 6.17. The van der Waals surface area contributed by atoms with Crippen molar-refractivity contribution in [1.82, 2.24) is 9.80 Å². The number of carbonyl (C=O) groups excluding carboxylic acids is 1. The smallest absolute Gasteiger partial charge is 0.226 e. The normalized spacial score (nSPS) is 38.0. The van der Waals surface area contributed by atoms with E-state index in [1.54, 1.807) is 6.26 Å². The van der Waals surface area contributed by atoms with Crippen molar-refractivity contribution < 1.29 is 9.21 Å². The molecule has 0 aromatic carbocycles. The Labute approximate surface area is 138 Å². The Kier molecular flexibility index (Phi) is 3.96. The van der Waals surface area contributed by atoms with Gasteiger partial charge in [-0.1, -0.05) is 0 Å². The predicted molar refractivity (Wildman–Crippen MR) is 89.2 cm³/mol. The van der Waals surface area contributed by atoms with E-state index in [1.807, 2.05) is 12.1 Å². The minimum absolute atomic E-state index is 0.160. The fourth-order valence-electron chi connectivity index (χ4n) is 4.85. The van der Waals surface area contributed by atoms with Gasteiger partial charge in [-0.2, -0.15) is 0 Å². The second-order valence-electron chi connectivity index (χ2n) is 7.77. The molecule has 4 heteroatoms. The average molecular weight is 316 g/mol. The molecule has 126 valence electrons. The maximum absolute atomic E-state index is 12.9. The highest BCUT2D eigenvalue weighted by atomic mass is 16.3. The highest BCUT2D eigenvalue weighted by Crippen LogP contribution is 2.49. The van der Waals surface area contributed by atoms with Gasteiger partial charge in [0.05, 0.1) is 6.26 Å². The summed E-state index contributed by atoms with van der Waals surface area (Å²) in [6.07, 6.45) is 7.66. The third-order valence-electron chi connectivity index (χ3n) is 6.17. The fraction of sp³-hybridized carbons (Fsp3) is 0.737. The topological polar surface area (TPSA) is 36.7 Å². The molecule has 1 saturated carbocycles. The first kappa shape index (κ1) is 15.3. The zero-order valence-electron chi connectivity index (χ0n) is 14.3. The minimum Gasteiger partial charge on any atom is -0.469 e. The van der Waals surface area contributed by atoms with Crippen LogP contribution in [0.5, 0.6) is 0 Å². The summed E-state index contributed by atoms with van der Waals surface area (Å²) in [6.45, 7) is 6.55. The molecule has 0 spiro atoms. The van der Waals surface area contributed by atoms with Crippen molar-refractivity contribution in [2.75, 3.05) is 13.1 Å². The Morgan fingerprint density at radius 1 is 1.22 bits per heavy atom. The maximum Gasteiger partial charge on any atom is 0.226 e. The number of piperidine rings is 1. The Hall–Kier alpha value is -1.29. The van der Waals surface area contributed by atoms with Gasteiger partial charge in [-0.05, 0) is 58.1 Å². The molecule has 0 N–H and O–H groups in total. The van der Waals surface area contributed by atoms with Gasteiger partial charge in [-0.15, -0.1) is 0 Å². The van der Waals surface area contributed by atoms with Gasteiger partial charge in [0.1, 0.15) is 5.76 Å². The molecule has 1 amide bonds. The quantitative estimate of drug-likeness (QED) is 0.859. The molecule has 1 aromatic heterocycles. The van der Waals surface area contributed by atoms with Crippen LogP contribution in [0.4, 0.5) is 0 Å². The average Bonchev–Trinajstić information content (AvgIpc) is 3.01. The van der Waals surface area contributed by atoms with Crippen LogP contribution in [0.15, 0.2) is 22.8 Å². The lowest BCUT2D eigenvalue weighted by molar-refractivity contribution is -0.135. The van der Waals surface area contributed by atoms with Gasteiger partial charge in [-0.3, -0.25) is 9.69 Å². The van der Waals surface area contributed by atoms with Crippen molar-refractivity contribution in [3.8, 4) is 0 Å². The molecule has 1 aromatic rings. The molecule has 3 fully saturated rings. The molecule has 1 aliphatic carbocycles. The molecule has 23 heavy (non-hydrogen) atoms. The number of amides is 1. The van der Waals surface area contributed by atoms with Crippen LogP contribution in [-0.2, 0) is 4.79 Å². The van der Waals surface area contributed by atoms with Gasteiger partial charge >= 0.3 is 0 Å². The van der Waals surface area contributed by atoms with Gasteiger partial charge in [0.25, 0.3) is 0 Å². The summed E-state index contributed by atoms with van der Waals surface area (Å²) in [7, 11) is 0. The first-order valence-corrected chi connectivity index (χ1v) is 9.24. The number of nitrogens with zero attached hydrogens (tertiary/aromatic N) is 2. The Morgan fingerprint density at radius 2 is 2.00 bits per heavy atom. The molecular weight excluding hydrogens is 288 g/mol. The standard InChI is InChI=1S/C19H28N2O2/c1-13-7-8-14(2)21(13)15-5-3-9-20(12-15)19(22)17-11-16(17)18-6-4-10-23-18/h4,6,10,13-17H,3,5,7-9,11-12H2,1-2H3/t13-,14+,15-,16+,17+/m1/s1. The van der Waals surface area contributed by atoms with Gasteiger partial charge in [0.2, 0.25) is 5.91 Å². The highest BCUT2D eigenvalue weighted by molar-refractivity contribution is 5.83. The van der Waals surface area contributed by atoms with Crippen LogP contribution in [-0.4, -0.2) is 46.9 Å². The number of hydrogen-bond acceptors (Lipinski definition) is 3. The summed E-state index contributed by atoms with van der Waals surface area (Å²) in [5, 5.41) is 0. The Morgan fingerprint density at radius 3 is 2.70 bits per heavy atom. The van der Waals surface area contributed by atoms with Crippen LogP contribution in [0.25, 0.3) is 0 Å². The highest BCUT2D eigenvalue weighted by Gasteiger charge is 2.48. The largest absolute Gasteiger partial charge is 0.469 e. The molecule has 4 nitrogen and oxygen atoms in total. The summed E-state index contributed by atoms with van der Waals surface area (Å²) in [5.74, 6) is 1.82. The van der Waals surface area contributed by atoms with E-state index >= 15 is 0 Å². The van der Waals surface area contributed by atoms with Crippen LogP contribution in [0.1, 0.15) is 57.6 Å². The zero-order chi connectivity index (χ0) is 16.0. The summed E-state index contributed by atoms with van der Waals surface area (Å²) < 4.78 is 5.48. The molecule has 0 radical (unpaired) electrons. The van der Waals surface area contributed by atoms with E-state index in [1.165, 1.54) is 19.3 Å². The van der Waals surface area contributed by atoms with Crippen LogP contribution >= 0.6 is 0 Å². The van der Waals surface area contributed by atoms with Crippen molar-refractivity contribution in [2.45, 2.75) is 70.0 Å². The lowest BCUT2D eigenvalue weighted by Crippen LogP contribution is -2.52. The van der Waals surface area contributed by atoms with Gasteiger partial charge < -0.3 is 9.32 Å². The molecule has 2 aliphatic heterocycles. The van der Waals surface area contributed by atoms with Crippen molar-refractivity contribution in [1.29, 1.82) is 0 Å². The summed E-state index contributed by atoms with van der Waals surface area (Å²) >= 11 is 0. The minimum atomic E-state index is 0.160. The SMILES string of the molecule is C[C@@H]1CC[C@H](C)N1[C@@H]1CCCN(C(=O)[C@H]2C[C@@H]2c2ccco2)C1. The lowest BCUT2D eigenvalue weighted by atomic mass is 10.0. The summed E-state index contributed by atoms with van der Waals surface area (Å²) in [6, 6.07) is 5.82. The fourth-order valence-corrected chi connectivity index (χ4v) is 4.85. The summed E-state index contributed by atoms with van der Waals surface area (Å²) in [5.41, 5.74) is 0. The molecule has 3 heterocycles. The molecule has 0 bridgehead atoms. The van der Waals surface area contributed by atoms with Gasteiger partial charge in [-0.25, -0.2) is 0 Å². The van der Waals surface area contributed by atoms with E-state index in [2.05, 4.69) is 23.6 Å². The first-order chi connectivity index (χ1) is 11.1.